The van der Waals surface area contributed by atoms with Crippen LogP contribution in [-0.2, 0) is 0 Å². The fourth-order valence-corrected chi connectivity index (χ4v) is 2.10. The largest absolute Gasteiger partial charge is 0.315 e. The third-order valence-corrected chi connectivity index (χ3v) is 4.24. The van der Waals surface area contributed by atoms with Crippen molar-refractivity contribution in [3.63, 3.8) is 0 Å². The Morgan fingerprint density at radius 3 is 1.33 bits per heavy atom. The Bertz CT molecular complexity index is 202. The van der Waals surface area contributed by atoms with Crippen LogP contribution in [0.25, 0.3) is 0 Å². The summed E-state index contributed by atoms with van der Waals surface area (Å²) in [5.74, 6) is 0. The Kier molecular flexibility index (Phi) is 6.57. The molecular weight excluding hydrogens is 224 g/mol. The van der Waals surface area contributed by atoms with Gasteiger partial charge in [-0.25, -0.2) is 0 Å². The van der Waals surface area contributed by atoms with E-state index in [1.807, 2.05) is 0 Å². The van der Waals surface area contributed by atoms with Gasteiger partial charge in [-0.05, 0) is 66.7 Å². The number of rotatable bonds is 0. The van der Waals surface area contributed by atoms with Gasteiger partial charge in [0.2, 0.25) is 0 Å². The Morgan fingerprint density at radius 2 is 0.944 bits per heavy atom. The Balaban J connectivity index is 2.48. The van der Waals surface area contributed by atoms with Gasteiger partial charge >= 0.3 is 0 Å². The van der Waals surface area contributed by atoms with Crippen LogP contribution in [0, 0.1) is 0 Å². The van der Waals surface area contributed by atoms with Crippen LogP contribution in [0.2, 0.25) is 0 Å². The molecule has 0 radical (unpaired) electrons. The molecule has 18 heavy (non-hydrogen) atoms. The standard InChI is InChI=1S/C14H32N4/c1-13(2)14(3,4)18-10-6-8-16-12-11-15-7-5-9-17-13/h15-18H,5-12H2,1-4H3. The van der Waals surface area contributed by atoms with E-state index in [1.54, 1.807) is 0 Å². The molecule has 4 N–H and O–H groups in total. The summed E-state index contributed by atoms with van der Waals surface area (Å²) >= 11 is 0. The maximum atomic E-state index is 3.68. The molecule has 1 rings (SSSR count). The lowest BCUT2D eigenvalue weighted by atomic mass is 9.82. The van der Waals surface area contributed by atoms with Crippen molar-refractivity contribution in [1.82, 2.24) is 21.3 Å². The smallest absolute Gasteiger partial charge is 0.0301 e. The van der Waals surface area contributed by atoms with E-state index in [1.165, 1.54) is 12.8 Å². The summed E-state index contributed by atoms with van der Waals surface area (Å²) < 4.78 is 0. The van der Waals surface area contributed by atoms with Crippen LogP contribution in [0.1, 0.15) is 40.5 Å². The number of hydrogen-bond donors (Lipinski definition) is 4. The molecule has 1 aliphatic heterocycles. The zero-order valence-electron chi connectivity index (χ0n) is 12.7. The Hall–Kier alpha value is -0.160. The van der Waals surface area contributed by atoms with Crippen LogP contribution in [0.3, 0.4) is 0 Å². The zero-order chi connectivity index (χ0) is 13.5. The fraction of sp³-hybridized carbons (Fsp3) is 1.00. The number of hydrogen-bond acceptors (Lipinski definition) is 4. The molecule has 0 saturated carbocycles. The Labute approximate surface area is 113 Å². The summed E-state index contributed by atoms with van der Waals surface area (Å²) in [6, 6.07) is 0. The number of nitrogens with one attached hydrogen (secondary N) is 4. The van der Waals surface area contributed by atoms with Crippen molar-refractivity contribution in [3.05, 3.63) is 0 Å². The van der Waals surface area contributed by atoms with Crippen LogP contribution < -0.4 is 21.3 Å². The molecule has 4 heteroatoms. The lowest BCUT2D eigenvalue weighted by molar-refractivity contribution is 0.192. The molecular formula is C14H32N4. The highest BCUT2D eigenvalue weighted by atomic mass is 15.1. The second kappa shape index (κ2) is 7.43. The minimum Gasteiger partial charge on any atom is -0.315 e. The van der Waals surface area contributed by atoms with E-state index in [2.05, 4.69) is 49.0 Å². The lowest BCUT2D eigenvalue weighted by Gasteiger charge is -2.43. The van der Waals surface area contributed by atoms with E-state index < -0.39 is 0 Å². The average molecular weight is 256 g/mol. The van der Waals surface area contributed by atoms with E-state index in [4.69, 9.17) is 0 Å². The Morgan fingerprint density at radius 1 is 0.556 bits per heavy atom. The van der Waals surface area contributed by atoms with Crippen molar-refractivity contribution in [2.45, 2.75) is 51.6 Å². The van der Waals surface area contributed by atoms with Crippen molar-refractivity contribution in [1.29, 1.82) is 0 Å². The van der Waals surface area contributed by atoms with E-state index in [9.17, 15) is 0 Å². The minimum atomic E-state index is 0.102. The fourth-order valence-electron chi connectivity index (χ4n) is 2.10. The zero-order valence-corrected chi connectivity index (χ0v) is 12.7. The predicted octanol–water partition coefficient (Wildman–Crippen LogP) is 0.696. The molecule has 0 atom stereocenters. The lowest BCUT2D eigenvalue weighted by Crippen LogP contribution is -2.63. The van der Waals surface area contributed by atoms with E-state index in [0.717, 1.165) is 39.3 Å². The van der Waals surface area contributed by atoms with Gasteiger partial charge in [0, 0.05) is 24.2 Å². The first-order chi connectivity index (χ1) is 8.46. The average Bonchev–Trinajstić information content (AvgIpc) is 2.29. The normalized spacial score (nSPS) is 27.3. The van der Waals surface area contributed by atoms with Gasteiger partial charge in [-0.2, -0.15) is 0 Å². The molecule has 0 bridgehead atoms. The highest BCUT2D eigenvalue weighted by molar-refractivity contribution is 4.99. The topological polar surface area (TPSA) is 48.1 Å². The van der Waals surface area contributed by atoms with Crippen molar-refractivity contribution in [2.24, 2.45) is 0 Å². The van der Waals surface area contributed by atoms with Crippen LogP contribution in [0.4, 0.5) is 0 Å². The first-order valence-corrected chi connectivity index (χ1v) is 7.37. The van der Waals surface area contributed by atoms with Gasteiger partial charge in [0.1, 0.15) is 0 Å². The van der Waals surface area contributed by atoms with Crippen LogP contribution >= 0.6 is 0 Å². The van der Waals surface area contributed by atoms with Gasteiger partial charge in [-0.1, -0.05) is 0 Å². The summed E-state index contributed by atoms with van der Waals surface area (Å²) in [6.45, 7) is 15.6. The van der Waals surface area contributed by atoms with E-state index in [0.29, 0.717) is 0 Å². The molecule has 108 valence electrons. The van der Waals surface area contributed by atoms with E-state index in [-0.39, 0.29) is 11.1 Å². The summed E-state index contributed by atoms with van der Waals surface area (Å²) in [7, 11) is 0. The molecule has 4 nitrogen and oxygen atoms in total. The maximum absolute atomic E-state index is 3.68. The third-order valence-electron chi connectivity index (χ3n) is 4.24. The molecule has 1 heterocycles. The summed E-state index contributed by atoms with van der Waals surface area (Å²) in [6.07, 6.45) is 2.36. The minimum absolute atomic E-state index is 0.102. The monoisotopic (exact) mass is 256 g/mol. The summed E-state index contributed by atoms with van der Waals surface area (Å²) in [5, 5.41) is 14.3. The molecule has 1 aliphatic rings. The van der Waals surface area contributed by atoms with Crippen LogP contribution in [0.15, 0.2) is 0 Å². The van der Waals surface area contributed by atoms with Crippen molar-refractivity contribution in [3.8, 4) is 0 Å². The van der Waals surface area contributed by atoms with Gasteiger partial charge in [0.15, 0.2) is 0 Å². The second-order valence-corrected chi connectivity index (χ2v) is 6.31. The summed E-state index contributed by atoms with van der Waals surface area (Å²) in [4.78, 5) is 0. The first kappa shape index (κ1) is 15.9. The SMILES string of the molecule is CC1(C)NCCCNCCNCCCNC1(C)C. The van der Waals surface area contributed by atoms with Crippen LogP contribution in [0.5, 0.6) is 0 Å². The molecule has 0 aliphatic carbocycles. The van der Waals surface area contributed by atoms with E-state index >= 15 is 0 Å². The van der Waals surface area contributed by atoms with Crippen molar-refractivity contribution in [2.75, 3.05) is 39.3 Å². The second-order valence-electron chi connectivity index (χ2n) is 6.31. The van der Waals surface area contributed by atoms with Crippen molar-refractivity contribution < 1.29 is 0 Å². The molecule has 0 unspecified atom stereocenters. The predicted molar refractivity (Wildman–Crippen MR) is 79.1 cm³/mol. The van der Waals surface area contributed by atoms with Crippen LogP contribution in [-0.4, -0.2) is 50.3 Å². The molecule has 0 spiro atoms. The van der Waals surface area contributed by atoms with Gasteiger partial charge in [-0.3, -0.25) is 0 Å². The molecule has 0 aromatic carbocycles. The molecule has 1 saturated heterocycles. The maximum Gasteiger partial charge on any atom is 0.0301 e. The molecule has 0 amide bonds. The van der Waals surface area contributed by atoms with Gasteiger partial charge < -0.3 is 21.3 Å². The summed E-state index contributed by atoms with van der Waals surface area (Å²) in [5.41, 5.74) is 0.203. The molecule has 0 aromatic heterocycles. The third kappa shape index (κ3) is 5.22. The quantitative estimate of drug-likeness (QED) is 0.515. The molecule has 0 aromatic rings. The van der Waals surface area contributed by atoms with Crippen molar-refractivity contribution >= 4 is 0 Å². The van der Waals surface area contributed by atoms with Gasteiger partial charge in [-0.15, -0.1) is 0 Å². The highest BCUT2D eigenvalue weighted by Gasteiger charge is 2.35. The first-order valence-electron chi connectivity index (χ1n) is 7.37. The van der Waals surface area contributed by atoms with Gasteiger partial charge in [0.25, 0.3) is 0 Å². The molecule has 1 fully saturated rings. The highest BCUT2D eigenvalue weighted by Crippen LogP contribution is 2.20. The van der Waals surface area contributed by atoms with Gasteiger partial charge in [0.05, 0.1) is 0 Å².